The first-order valence-electron chi connectivity index (χ1n) is 9.66. The maximum atomic E-state index is 12.7. The van der Waals surface area contributed by atoms with Crippen LogP contribution in [0.25, 0.3) is 10.2 Å². The van der Waals surface area contributed by atoms with Gasteiger partial charge in [-0.25, -0.2) is 4.79 Å². The average molecular weight is 440 g/mol. The molecular formula is C20H26ClN3O4S. The Balaban J connectivity index is 1.52. The number of aromatic nitrogens is 1. The summed E-state index contributed by atoms with van der Waals surface area (Å²) in [7, 11) is 0. The number of piperidine rings is 1. The summed E-state index contributed by atoms with van der Waals surface area (Å²) in [6, 6.07) is 5.26. The molecule has 0 unspecified atom stereocenters. The summed E-state index contributed by atoms with van der Waals surface area (Å²) in [5.74, 6) is 0.223. The minimum absolute atomic E-state index is 0.0139. The highest BCUT2D eigenvalue weighted by atomic mass is 35.5. The van der Waals surface area contributed by atoms with Crippen LogP contribution in [0.15, 0.2) is 23.0 Å². The number of alkyl carbamates (subject to hydrolysis) is 1. The van der Waals surface area contributed by atoms with Gasteiger partial charge >= 0.3 is 11.0 Å². The van der Waals surface area contributed by atoms with Gasteiger partial charge in [-0.3, -0.25) is 14.2 Å². The van der Waals surface area contributed by atoms with E-state index in [-0.39, 0.29) is 17.3 Å². The highest BCUT2D eigenvalue weighted by molar-refractivity contribution is 7.16. The number of ether oxygens (including phenoxy) is 1. The van der Waals surface area contributed by atoms with Crippen molar-refractivity contribution in [3.63, 3.8) is 0 Å². The summed E-state index contributed by atoms with van der Waals surface area (Å²) in [4.78, 5) is 38.4. The average Bonchev–Trinajstić information content (AvgIpc) is 2.94. The van der Waals surface area contributed by atoms with Gasteiger partial charge in [-0.15, -0.1) is 0 Å². The SMILES string of the molecule is CC(C)(C)OC(=O)NCC1CCN(C(=O)Cn2c(=O)sc3ccc(Cl)cc32)CC1. The molecule has 1 N–H and O–H groups in total. The predicted octanol–water partition coefficient (Wildman–Crippen LogP) is 3.48. The summed E-state index contributed by atoms with van der Waals surface area (Å²) < 4.78 is 7.56. The van der Waals surface area contributed by atoms with E-state index >= 15 is 0 Å². The first kappa shape index (κ1) is 21.6. The number of thiazole rings is 1. The zero-order valence-corrected chi connectivity index (χ0v) is 18.4. The van der Waals surface area contributed by atoms with Crippen LogP contribution in [0, 0.1) is 5.92 Å². The molecule has 1 aliphatic rings. The standard InChI is InChI=1S/C20H26ClN3O4S/c1-20(2,3)28-18(26)22-11-13-6-8-23(9-7-13)17(25)12-24-15-10-14(21)4-5-16(15)29-19(24)27/h4-5,10,13H,6-9,11-12H2,1-3H3,(H,22,26). The minimum Gasteiger partial charge on any atom is -0.444 e. The molecule has 29 heavy (non-hydrogen) atoms. The molecule has 2 aromatic rings. The fourth-order valence-corrected chi connectivity index (χ4v) is 4.39. The number of fused-ring (bicyclic) bond motifs is 1. The van der Waals surface area contributed by atoms with E-state index in [0.29, 0.717) is 36.1 Å². The number of hydrogen-bond acceptors (Lipinski definition) is 5. The third-order valence-corrected chi connectivity index (χ3v) is 6.02. The number of amides is 2. The Bertz CT molecular complexity index is 955. The number of benzene rings is 1. The van der Waals surface area contributed by atoms with Crippen LogP contribution in [-0.4, -0.2) is 46.7 Å². The summed E-state index contributed by atoms with van der Waals surface area (Å²) in [6.45, 7) is 7.24. The van der Waals surface area contributed by atoms with Crippen molar-refractivity contribution in [2.75, 3.05) is 19.6 Å². The Labute approximate surface area is 178 Å². The number of hydrogen-bond donors (Lipinski definition) is 1. The Morgan fingerprint density at radius 1 is 1.28 bits per heavy atom. The molecule has 7 nitrogen and oxygen atoms in total. The third kappa shape index (κ3) is 5.73. The summed E-state index contributed by atoms with van der Waals surface area (Å²) in [6.07, 6.45) is 1.18. The molecule has 0 radical (unpaired) electrons. The molecule has 1 saturated heterocycles. The number of carbonyl (C=O) groups excluding carboxylic acids is 2. The molecule has 1 aromatic heterocycles. The van der Waals surface area contributed by atoms with Crippen LogP contribution in [-0.2, 0) is 16.1 Å². The van der Waals surface area contributed by atoms with Crippen molar-refractivity contribution in [3.05, 3.63) is 32.9 Å². The molecule has 0 bridgehead atoms. The van der Waals surface area contributed by atoms with Crippen molar-refractivity contribution < 1.29 is 14.3 Å². The Morgan fingerprint density at radius 2 is 1.97 bits per heavy atom. The fourth-order valence-electron chi connectivity index (χ4n) is 3.35. The second kappa shape index (κ2) is 8.75. The van der Waals surface area contributed by atoms with Crippen LogP contribution >= 0.6 is 22.9 Å². The molecule has 2 heterocycles. The van der Waals surface area contributed by atoms with Crippen LogP contribution in [0.5, 0.6) is 0 Å². The monoisotopic (exact) mass is 439 g/mol. The van der Waals surface area contributed by atoms with Crippen molar-refractivity contribution in [1.29, 1.82) is 0 Å². The fraction of sp³-hybridized carbons (Fsp3) is 0.550. The quantitative estimate of drug-likeness (QED) is 0.790. The maximum absolute atomic E-state index is 12.7. The van der Waals surface area contributed by atoms with Crippen molar-refractivity contribution in [3.8, 4) is 0 Å². The van der Waals surface area contributed by atoms with E-state index in [1.807, 2.05) is 20.8 Å². The molecule has 1 aromatic carbocycles. The van der Waals surface area contributed by atoms with Gasteiger partial charge in [-0.05, 0) is 57.7 Å². The third-order valence-electron chi connectivity index (χ3n) is 4.82. The summed E-state index contributed by atoms with van der Waals surface area (Å²) >= 11 is 7.16. The largest absolute Gasteiger partial charge is 0.444 e. The second-order valence-electron chi connectivity index (χ2n) is 8.27. The molecule has 0 aliphatic carbocycles. The number of nitrogens with one attached hydrogen (secondary N) is 1. The van der Waals surface area contributed by atoms with Gasteiger partial charge in [-0.1, -0.05) is 22.9 Å². The number of halogens is 1. The smallest absolute Gasteiger partial charge is 0.407 e. The van der Waals surface area contributed by atoms with Crippen LogP contribution < -0.4 is 10.2 Å². The molecule has 0 spiro atoms. The number of nitrogens with zero attached hydrogens (tertiary/aromatic N) is 2. The van der Waals surface area contributed by atoms with E-state index in [1.54, 1.807) is 23.1 Å². The van der Waals surface area contributed by atoms with E-state index < -0.39 is 11.7 Å². The van der Waals surface area contributed by atoms with Crippen molar-refractivity contribution in [1.82, 2.24) is 14.8 Å². The van der Waals surface area contributed by atoms with Crippen molar-refractivity contribution in [2.24, 2.45) is 5.92 Å². The molecule has 158 valence electrons. The van der Waals surface area contributed by atoms with E-state index in [1.165, 1.54) is 4.57 Å². The Morgan fingerprint density at radius 3 is 2.62 bits per heavy atom. The number of carbonyl (C=O) groups is 2. The van der Waals surface area contributed by atoms with Crippen molar-refractivity contribution >= 4 is 45.2 Å². The number of rotatable bonds is 4. The van der Waals surface area contributed by atoms with Crippen LogP contribution in [0.1, 0.15) is 33.6 Å². The zero-order chi connectivity index (χ0) is 21.2. The first-order valence-corrected chi connectivity index (χ1v) is 10.9. The van der Waals surface area contributed by atoms with Gasteiger partial charge in [0.1, 0.15) is 12.1 Å². The van der Waals surface area contributed by atoms with Crippen LogP contribution in [0.3, 0.4) is 0 Å². The van der Waals surface area contributed by atoms with Crippen molar-refractivity contribution in [2.45, 2.75) is 45.8 Å². The highest BCUT2D eigenvalue weighted by Gasteiger charge is 2.25. The first-order chi connectivity index (χ1) is 13.6. The molecule has 9 heteroatoms. The van der Waals surface area contributed by atoms with Gasteiger partial charge in [-0.2, -0.15) is 0 Å². The lowest BCUT2D eigenvalue weighted by Crippen LogP contribution is -2.43. The topological polar surface area (TPSA) is 80.6 Å². The normalized spacial score (nSPS) is 15.5. The summed E-state index contributed by atoms with van der Waals surface area (Å²) in [5, 5.41) is 3.34. The zero-order valence-electron chi connectivity index (χ0n) is 16.9. The van der Waals surface area contributed by atoms with E-state index in [9.17, 15) is 14.4 Å². The summed E-state index contributed by atoms with van der Waals surface area (Å²) in [5.41, 5.74) is 0.172. The van der Waals surface area contributed by atoms with Gasteiger partial charge in [0.2, 0.25) is 5.91 Å². The predicted molar refractivity (Wildman–Crippen MR) is 115 cm³/mol. The highest BCUT2D eigenvalue weighted by Crippen LogP contribution is 2.22. The maximum Gasteiger partial charge on any atom is 0.407 e. The second-order valence-corrected chi connectivity index (χ2v) is 9.70. The Hall–Kier alpha value is -2.06. The van der Waals surface area contributed by atoms with Crippen LogP contribution in [0.4, 0.5) is 4.79 Å². The van der Waals surface area contributed by atoms with Crippen LogP contribution in [0.2, 0.25) is 5.02 Å². The molecule has 2 amide bonds. The molecule has 0 atom stereocenters. The molecular weight excluding hydrogens is 414 g/mol. The molecule has 3 rings (SSSR count). The number of likely N-dealkylation sites (tertiary alicyclic amines) is 1. The van der Waals surface area contributed by atoms with E-state index in [0.717, 1.165) is 28.9 Å². The lowest BCUT2D eigenvalue weighted by atomic mass is 9.97. The Kier molecular flexibility index (Phi) is 6.53. The van der Waals surface area contributed by atoms with Gasteiger partial charge in [0, 0.05) is 24.7 Å². The van der Waals surface area contributed by atoms with Gasteiger partial charge in [0.25, 0.3) is 0 Å². The lowest BCUT2D eigenvalue weighted by Gasteiger charge is -2.32. The van der Waals surface area contributed by atoms with Gasteiger partial charge in [0.05, 0.1) is 10.2 Å². The minimum atomic E-state index is -0.520. The van der Waals surface area contributed by atoms with Gasteiger partial charge in [0.15, 0.2) is 0 Å². The van der Waals surface area contributed by atoms with Gasteiger partial charge < -0.3 is 15.0 Å². The van der Waals surface area contributed by atoms with E-state index in [4.69, 9.17) is 16.3 Å². The molecule has 0 saturated carbocycles. The van der Waals surface area contributed by atoms with E-state index in [2.05, 4.69) is 5.32 Å². The lowest BCUT2D eigenvalue weighted by molar-refractivity contribution is -0.133. The molecule has 1 aliphatic heterocycles. The molecule has 1 fully saturated rings.